The second-order valence-corrected chi connectivity index (χ2v) is 6.59. The summed E-state index contributed by atoms with van der Waals surface area (Å²) < 4.78 is 10.4. The van der Waals surface area contributed by atoms with Crippen molar-refractivity contribution in [1.82, 2.24) is 15.6 Å². The summed E-state index contributed by atoms with van der Waals surface area (Å²) in [6, 6.07) is 22.1. The molecule has 1 aromatic heterocycles. The van der Waals surface area contributed by atoms with Crippen molar-refractivity contribution in [3.63, 3.8) is 0 Å². The second kappa shape index (κ2) is 8.49. The molecule has 4 aromatic rings. The summed E-state index contributed by atoms with van der Waals surface area (Å²) in [5.41, 5.74) is 3.26. The van der Waals surface area contributed by atoms with E-state index in [0.29, 0.717) is 34.6 Å². The van der Waals surface area contributed by atoms with Crippen LogP contribution >= 0.6 is 12.2 Å². The number of carbonyl (C=O) groups is 1. The summed E-state index contributed by atoms with van der Waals surface area (Å²) in [4.78, 5) is 12.4. The molecule has 2 N–H and O–H groups in total. The van der Waals surface area contributed by atoms with Gasteiger partial charge in [-0.15, -0.1) is 0 Å². The Kier molecular flexibility index (Phi) is 5.44. The van der Waals surface area contributed by atoms with Crippen LogP contribution in [0, 0.1) is 0 Å². The number of hydrogen-bond donors (Lipinski definition) is 2. The number of nitrogens with zero attached hydrogens (tertiary/aromatic N) is 2. The highest BCUT2D eigenvalue weighted by Gasteiger charge is 2.11. The number of amides is 1. The van der Waals surface area contributed by atoms with Crippen molar-refractivity contribution in [2.45, 2.75) is 6.61 Å². The Bertz CT molecular complexity index is 1160. The van der Waals surface area contributed by atoms with Gasteiger partial charge in [-0.1, -0.05) is 36.4 Å². The maximum atomic E-state index is 12.4. The van der Waals surface area contributed by atoms with E-state index in [4.69, 9.17) is 17.0 Å². The molecular formula is C21H16N4O3S. The Morgan fingerprint density at radius 1 is 0.966 bits per heavy atom. The highest BCUT2D eigenvalue weighted by atomic mass is 32.1. The van der Waals surface area contributed by atoms with Crippen LogP contribution in [0.25, 0.3) is 11.0 Å². The van der Waals surface area contributed by atoms with Crippen LogP contribution in [0.5, 0.6) is 5.75 Å². The molecule has 4 rings (SSSR count). The lowest BCUT2D eigenvalue weighted by atomic mass is 10.2. The van der Waals surface area contributed by atoms with Gasteiger partial charge >= 0.3 is 0 Å². The van der Waals surface area contributed by atoms with E-state index in [9.17, 15) is 4.79 Å². The number of nitrogens with one attached hydrogen (secondary N) is 2. The Morgan fingerprint density at radius 3 is 2.66 bits per heavy atom. The molecule has 0 spiro atoms. The highest BCUT2D eigenvalue weighted by molar-refractivity contribution is 7.80. The van der Waals surface area contributed by atoms with Gasteiger partial charge in [-0.3, -0.25) is 10.1 Å². The van der Waals surface area contributed by atoms with Crippen molar-refractivity contribution in [3.05, 3.63) is 83.9 Å². The van der Waals surface area contributed by atoms with Crippen molar-refractivity contribution in [3.8, 4) is 5.75 Å². The van der Waals surface area contributed by atoms with E-state index in [1.54, 1.807) is 18.2 Å². The van der Waals surface area contributed by atoms with Crippen LogP contribution in [-0.4, -0.2) is 21.3 Å². The van der Waals surface area contributed by atoms with E-state index in [1.807, 2.05) is 54.6 Å². The second-order valence-electron chi connectivity index (χ2n) is 6.18. The van der Waals surface area contributed by atoms with Crippen LogP contribution in [0.3, 0.4) is 0 Å². The van der Waals surface area contributed by atoms with Gasteiger partial charge in [0.15, 0.2) is 5.11 Å². The molecule has 0 atom stereocenters. The lowest BCUT2D eigenvalue weighted by molar-refractivity contribution is 0.0978. The van der Waals surface area contributed by atoms with E-state index < -0.39 is 0 Å². The lowest BCUT2D eigenvalue weighted by Gasteiger charge is -2.11. The van der Waals surface area contributed by atoms with E-state index in [2.05, 4.69) is 25.6 Å². The average molecular weight is 404 g/mol. The largest absolute Gasteiger partial charge is 0.489 e. The zero-order valence-corrected chi connectivity index (χ0v) is 16.0. The molecule has 8 heteroatoms. The summed E-state index contributed by atoms with van der Waals surface area (Å²) in [7, 11) is 0. The lowest BCUT2D eigenvalue weighted by Crippen LogP contribution is -2.34. The maximum absolute atomic E-state index is 12.4. The fourth-order valence-electron chi connectivity index (χ4n) is 2.67. The average Bonchev–Trinajstić information content (AvgIpc) is 3.21. The number of ether oxygens (including phenoxy) is 1. The topological polar surface area (TPSA) is 89.3 Å². The molecule has 144 valence electrons. The number of aromatic nitrogens is 2. The predicted octanol–water partition coefficient (Wildman–Crippen LogP) is 3.93. The SMILES string of the molecule is O=C(NC(=S)Nc1cccc(OCc2ccccc2)c1)c1ccc2nonc2c1. The number of fused-ring (bicyclic) bond motifs is 1. The predicted molar refractivity (Wildman–Crippen MR) is 113 cm³/mol. The number of rotatable bonds is 5. The monoisotopic (exact) mass is 404 g/mol. The third kappa shape index (κ3) is 4.74. The molecular weight excluding hydrogens is 388 g/mol. The maximum Gasteiger partial charge on any atom is 0.257 e. The van der Waals surface area contributed by atoms with E-state index in [1.165, 1.54) is 0 Å². The number of anilines is 1. The first-order valence-corrected chi connectivity index (χ1v) is 9.20. The minimum absolute atomic E-state index is 0.175. The summed E-state index contributed by atoms with van der Waals surface area (Å²) >= 11 is 5.25. The van der Waals surface area contributed by atoms with E-state index in [0.717, 1.165) is 5.56 Å². The number of thiocarbonyl (C=S) groups is 1. The fourth-order valence-corrected chi connectivity index (χ4v) is 2.88. The number of carbonyl (C=O) groups excluding carboxylic acids is 1. The molecule has 1 amide bonds. The van der Waals surface area contributed by atoms with Crippen LogP contribution in [0.4, 0.5) is 5.69 Å². The van der Waals surface area contributed by atoms with Crippen LogP contribution in [0.1, 0.15) is 15.9 Å². The molecule has 0 fully saturated rings. The van der Waals surface area contributed by atoms with Crippen molar-refractivity contribution in [2.75, 3.05) is 5.32 Å². The van der Waals surface area contributed by atoms with Gasteiger partial charge in [0.05, 0.1) is 0 Å². The van der Waals surface area contributed by atoms with Crippen LogP contribution in [0.15, 0.2) is 77.4 Å². The van der Waals surface area contributed by atoms with Gasteiger partial charge < -0.3 is 10.1 Å². The third-order valence-corrected chi connectivity index (χ3v) is 4.29. The van der Waals surface area contributed by atoms with Gasteiger partial charge in [-0.2, -0.15) is 0 Å². The van der Waals surface area contributed by atoms with Crippen molar-refractivity contribution >= 4 is 40.0 Å². The Balaban J connectivity index is 1.35. The van der Waals surface area contributed by atoms with Crippen LogP contribution in [0.2, 0.25) is 0 Å². The van der Waals surface area contributed by atoms with Gasteiger partial charge in [0, 0.05) is 17.3 Å². The minimum atomic E-state index is -0.358. The molecule has 7 nitrogen and oxygen atoms in total. The summed E-state index contributed by atoms with van der Waals surface area (Å²) in [6.45, 7) is 0.463. The molecule has 0 aliphatic carbocycles. The molecule has 0 aliphatic rings. The first kappa shape index (κ1) is 18.6. The van der Waals surface area contributed by atoms with Gasteiger partial charge in [0.2, 0.25) is 0 Å². The Hall–Kier alpha value is -3.78. The standard InChI is InChI=1S/C21H16N4O3S/c26-20(15-9-10-18-19(11-15)25-28-24-18)23-21(29)22-16-7-4-8-17(12-16)27-13-14-5-2-1-3-6-14/h1-12H,13H2,(H2,22,23,26,29). The summed E-state index contributed by atoms with van der Waals surface area (Å²) in [6.07, 6.45) is 0. The Labute approximate surface area is 171 Å². The van der Waals surface area contributed by atoms with Gasteiger partial charge in [-0.05, 0) is 58.4 Å². The van der Waals surface area contributed by atoms with Crippen molar-refractivity contribution in [2.24, 2.45) is 0 Å². The molecule has 29 heavy (non-hydrogen) atoms. The van der Waals surface area contributed by atoms with E-state index >= 15 is 0 Å². The zero-order chi connectivity index (χ0) is 20.1. The molecule has 0 saturated carbocycles. The normalized spacial score (nSPS) is 10.5. The van der Waals surface area contributed by atoms with Crippen molar-refractivity contribution < 1.29 is 14.2 Å². The van der Waals surface area contributed by atoms with Gasteiger partial charge in [0.25, 0.3) is 5.91 Å². The first-order chi connectivity index (χ1) is 14.2. The molecule has 1 heterocycles. The molecule has 0 bridgehead atoms. The van der Waals surface area contributed by atoms with Crippen LogP contribution < -0.4 is 15.4 Å². The third-order valence-electron chi connectivity index (χ3n) is 4.08. The zero-order valence-electron chi connectivity index (χ0n) is 15.2. The molecule has 3 aromatic carbocycles. The Morgan fingerprint density at radius 2 is 1.79 bits per heavy atom. The minimum Gasteiger partial charge on any atom is -0.489 e. The number of benzene rings is 3. The fraction of sp³-hybridized carbons (Fsp3) is 0.0476. The number of hydrogen-bond acceptors (Lipinski definition) is 6. The summed E-state index contributed by atoms with van der Waals surface area (Å²) in [5.74, 6) is 0.334. The van der Waals surface area contributed by atoms with Gasteiger partial charge in [-0.25, -0.2) is 4.63 Å². The highest BCUT2D eigenvalue weighted by Crippen LogP contribution is 2.19. The molecule has 0 saturated heterocycles. The van der Waals surface area contributed by atoms with Crippen LogP contribution in [-0.2, 0) is 6.61 Å². The summed E-state index contributed by atoms with van der Waals surface area (Å²) in [5, 5.41) is 13.2. The quantitative estimate of drug-likeness (QED) is 0.487. The molecule has 0 aliphatic heterocycles. The molecule has 0 unspecified atom stereocenters. The first-order valence-electron chi connectivity index (χ1n) is 8.79. The smallest absolute Gasteiger partial charge is 0.257 e. The van der Waals surface area contributed by atoms with Crippen molar-refractivity contribution in [1.29, 1.82) is 0 Å². The molecule has 0 radical (unpaired) electrons. The van der Waals surface area contributed by atoms with Gasteiger partial charge in [0.1, 0.15) is 23.4 Å². The van der Waals surface area contributed by atoms with E-state index in [-0.39, 0.29) is 11.0 Å².